The first-order chi connectivity index (χ1) is 11.7. The highest BCUT2D eigenvalue weighted by Crippen LogP contribution is 2.48. The van der Waals surface area contributed by atoms with Crippen molar-refractivity contribution >= 4 is 35.6 Å². The number of methoxy groups -OCH3 is 1. The van der Waals surface area contributed by atoms with Gasteiger partial charge < -0.3 is 24.8 Å². The molecular formula is C18H28IN3O3. The molecule has 1 heterocycles. The normalized spacial score (nSPS) is 17.9. The van der Waals surface area contributed by atoms with Crippen molar-refractivity contribution in [2.75, 3.05) is 45.8 Å². The smallest absolute Gasteiger partial charge is 0.195 e. The molecule has 6 nitrogen and oxygen atoms in total. The van der Waals surface area contributed by atoms with Crippen molar-refractivity contribution in [3.63, 3.8) is 0 Å². The van der Waals surface area contributed by atoms with E-state index < -0.39 is 0 Å². The lowest BCUT2D eigenvalue weighted by Crippen LogP contribution is -2.35. The van der Waals surface area contributed by atoms with E-state index in [-0.39, 0.29) is 24.0 Å². The average molecular weight is 461 g/mol. The van der Waals surface area contributed by atoms with Gasteiger partial charge in [-0.15, -0.1) is 24.0 Å². The molecule has 1 saturated carbocycles. The number of aliphatic imine (C=N–C) groups is 1. The Morgan fingerprint density at radius 1 is 1.24 bits per heavy atom. The van der Waals surface area contributed by atoms with Gasteiger partial charge in [0.2, 0.25) is 0 Å². The minimum atomic E-state index is 0. The van der Waals surface area contributed by atoms with Gasteiger partial charge in [-0.1, -0.05) is 0 Å². The Morgan fingerprint density at radius 2 is 2.00 bits per heavy atom. The molecule has 0 saturated heterocycles. The van der Waals surface area contributed by atoms with Crippen molar-refractivity contribution in [1.29, 1.82) is 0 Å². The summed E-state index contributed by atoms with van der Waals surface area (Å²) >= 11 is 0. The molecule has 0 aromatic heterocycles. The molecule has 2 N–H and O–H groups in total. The molecule has 7 heteroatoms. The second-order valence-corrected chi connectivity index (χ2v) is 6.51. The zero-order valence-corrected chi connectivity index (χ0v) is 17.3. The molecule has 25 heavy (non-hydrogen) atoms. The number of ether oxygens (including phenoxy) is 3. The van der Waals surface area contributed by atoms with Gasteiger partial charge in [-0.2, -0.15) is 0 Å². The minimum Gasteiger partial charge on any atom is -0.490 e. The molecule has 1 aromatic carbocycles. The van der Waals surface area contributed by atoms with Gasteiger partial charge in [0.1, 0.15) is 0 Å². The minimum absolute atomic E-state index is 0. The predicted octanol–water partition coefficient (Wildman–Crippen LogP) is 3.27. The van der Waals surface area contributed by atoms with Crippen LogP contribution in [0.25, 0.3) is 0 Å². The summed E-state index contributed by atoms with van der Waals surface area (Å²) in [4.78, 5) is 4.32. The van der Waals surface area contributed by atoms with E-state index in [9.17, 15) is 0 Å². The van der Waals surface area contributed by atoms with Crippen molar-refractivity contribution in [1.82, 2.24) is 5.32 Å². The maximum absolute atomic E-state index is 5.73. The Hall–Kier alpha value is -1.22. The number of hydrogen-bond donors (Lipinski definition) is 2. The summed E-state index contributed by atoms with van der Waals surface area (Å²) in [6, 6.07) is 5.89. The van der Waals surface area contributed by atoms with E-state index in [0.29, 0.717) is 18.6 Å². The fraction of sp³-hybridized carbons (Fsp3) is 0.611. The van der Waals surface area contributed by atoms with E-state index in [1.165, 1.54) is 12.8 Å². The quantitative estimate of drug-likeness (QED) is 0.387. The maximum atomic E-state index is 5.73. The molecule has 0 amide bonds. The van der Waals surface area contributed by atoms with Crippen LogP contribution in [0, 0.1) is 5.41 Å². The first kappa shape index (κ1) is 20.1. The monoisotopic (exact) mass is 461 g/mol. The highest BCUT2D eigenvalue weighted by atomic mass is 127. The molecular weight excluding hydrogens is 433 g/mol. The third-order valence-corrected chi connectivity index (χ3v) is 4.66. The highest BCUT2D eigenvalue weighted by molar-refractivity contribution is 14.0. The van der Waals surface area contributed by atoms with Crippen LogP contribution in [0.4, 0.5) is 5.69 Å². The molecule has 1 aromatic rings. The number of halogens is 1. The molecule has 0 spiro atoms. The number of nitrogens with one attached hydrogen (secondary N) is 2. The van der Waals surface area contributed by atoms with E-state index in [1.54, 1.807) is 14.2 Å². The van der Waals surface area contributed by atoms with Crippen LogP contribution in [0.15, 0.2) is 23.2 Å². The van der Waals surface area contributed by atoms with E-state index >= 15 is 0 Å². The van der Waals surface area contributed by atoms with Crippen molar-refractivity contribution < 1.29 is 14.2 Å². The van der Waals surface area contributed by atoms with Gasteiger partial charge in [0.25, 0.3) is 0 Å². The average Bonchev–Trinajstić information content (AvgIpc) is 3.40. The number of anilines is 1. The van der Waals surface area contributed by atoms with Crippen LogP contribution >= 0.6 is 24.0 Å². The van der Waals surface area contributed by atoms with E-state index in [2.05, 4.69) is 15.6 Å². The Morgan fingerprint density at radius 3 is 2.68 bits per heavy atom. The summed E-state index contributed by atoms with van der Waals surface area (Å²) < 4.78 is 16.6. The fourth-order valence-corrected chi connectivity index (χ4v) is 2.84. The Labute approximate surface area is 166 Å². The van der Waals surface area contributed by atoms with Gasteiger partial charge >= 0.3 is 0 Å². The largest absolute Gasteiger partial charge is 0.490 e. The molecule has 1 fully saturated rings. The summed E-state index contributed by atoms with van der Waals surface area (Å²) in [5.41, 5.74) is 1.31. The van der Waals surface area contributed by atoms with Gasteiger partial charge in [-0.05, 0) is 36.8 Å². The van der Waals surface area contributed by atoms with Crippen molar-refractivity contribution in [2.45, 2.75) is 25.7 Å². The maximum Gasteiger partial charge on any atom is 0.195 e. The molecule has 0 bridgehead atoms. The number of benzene rings is 1. The van der Waals surface area contributed by atoms with Gasteiger partial charge in [0.05, 0.1) is 13.2 Å². The summed E-state index contributed by atoms with van der Waals surface area (Å²) in [6.07, 6.45) is 4.51. The van der Waals surface area contributed by atoms with Crippen LogP contribution in [-0.2, 0) is 4.74 Å². The highest BCUT2D eigenvalue weighted by Gasteiger charge is 2.41. The van der Waals surface area contributed by atoms with Crippen LogP contribution in [0.2, 0.25) is 0 Å². The first-order valence-corrected chi connectivity index (χ1v) is 8.61. The molecule has 140 valence electrons. The zero-order chi connectivity index (χ0) is 16.8. The van der Waals surface area contributed by atoms with E-state index in [0.717, 1.165) is 49.1 Å². The van der Waals surface area contributed by atoms with Gasteiger partial charge in [0.15, 0.2) is 17.5 Å². The zero-order valence-electron chi connectivity index (χ0n) is 15.0. The van der Waals surface area contributed by atoms with Crippen LogP contribution in [0.1, 0.15) is 25.7 Å². The molecule has 0 atom stereocenters. The molecule has 1 aliphatic heterocycles. The number of nitrogens with zero attached hydrogens (tertiary/aromatic N) is 1. The van der Waals surface area contributed by atoms with E-state index in [4.69, 9.17) is 14.2 Å². The molecule has 0 unspecified atom stereocenters. The Balaban J connectivity index is 0.00000225. The number of rotatable bonds is 6. The van der Waals surface area contributed by atoms with Crippen molar-refractivity contribution in [2.24, 2.45) is 10.4 Å². The summed E-state index contributed by atoms with van der Waals surface area (Å²) in [5.74, 6) is 2.36. The van der Waals surface area contributed by atoms with Gasteiger partial charge in [0, 0.05) is 45.5 Å². The molecule has 2 aliphatic rings. The van der Waals surface area contributed by atoms with Crippen LogP contribution in [-0.4, -0.2) is 46.5 Å². The first-order valence-electron chi connectivity index (χ1n) is 8.61. The standard InChI is InChI=1S/C18H27N3O3.HI/c1-19-17(20-13-18(6-7-18)8-11-22-2)21-14-4-5-15-16(12-14)24-10-3-9-23-15;/h4-5,12H,3,6-11,13H2,1-2H3,(H2,19,20,21);1H. The lowest BCUT2D eigenvalue weighted by molar-refractivity contribution is 0.172. The second-order valence-electron chi connectivity index (χ2n) is 6.51. The van der Waals surface area contributed by atoms with Crippen LogP contribution in [0.5, 0.6) is 11.5 Å². The predicted molar refractivity (Wildman–Crippen MR) is 111 cm³/mol. The lowest BCUT2D eigenvalue weighted by Gasteiger charge is -2.18. The summed E-state index contributed by atoms with van der Waals surface area (Å²) in [7, 11) is 3.54. The number of guanidine groups is 1. The van der Waals surface area contributed by atoms with Crippen LogP contribution < -0.4 is 20.1 Å². The van der Waals surface area contributed by atoms with Gasteiger partial charge in [-0.3, -0.25) is 4.99 Å². The molecule has 3 rings (SSSR count). The van der Waals surface area contributed by atoms with Crippen molar-refractivity contribution in [3.8, 4) is 11.5 Å². The third kappa shape index (κ3) is 5.64. The Kier molecular flexibility index (Phi) is 7.61. The van der Waals surface area contributed by atoms with Crippen LogP contribution in [0.3, 0.4) is 0 Å². The van der Waals surface area contributed by atoms with E-state index in [1.807, 2.05) is 18.2 Å². The Bertz CT molecular complexity index is 591. The summed E-state index contributed by atoms with van der Waals surface area (Å²) in [6.45, 7) is 3.12. The van der Waals surface area contributed by atoms with Crippen molar-refractivity contribution in [3.05, 3.63) is 18.2 Å². The topological polar surface area (TPSA) is 64.1 Å². The number of hydrogen-bond acceptors (Lipinski definition) is 4. The molecule has 0 radical (unpaired) electrons. The fourth-order valence-electron chi connectivity index (χ4n) is 2.84. The van der Waals surface area contributed by atoms with Gasteiger partial charge in [-0.25, -0.2) is 0 Å². The SMILES string of the molecule is CN=C(NCC1(CCOC)CC1)Nc1ccc2c(c1)OCCCO2.I. The molecule has 1 aliphatic carbocycles. The lowest BCUT2D eigenvalue weighted by atomic mass is 10.0. The summed E-state index contributed by atoms with van der Waals surface area (Å²) in [5, 5.41) is 6.76. The third-order valence-electron chi connectivity index (χ3n) is 4.66. The second kappa shape index (κ2) is 9.47. The number of fused-ring (bicyclic) bond motifs is 1.